The van der Waals surface area contributed by atoms with E-state index in [1.54, 1.807) is 11.3 Å². The van der Waals surface area contributed by atoms with Gasteiger partial charge in [-0.15, -0.1) is 11.3 Å². The molecule has 1 aromatic rings. The zero-order chi connectivity index (χ0) is 12.1. The quantitative estimate of drug-likeness (QED) is 0.759. The smallest absolute Gasteiger partial charge is 0.306 e. The minimum absolute atomic E-state index is 0.145. The highest BCUT2D eigenvalue weighted by atomic mass is 32.1. The number of aryl methyl sites for hydroxylation is 1. The Kier molecular flexibility index (Phi) is 4.36. The summed E-state index contributed by atoms with van der Waals surface area (Å²) in [6, 6.07) is 0. The molecule has 0 atom stereocenters. The first-order valence-corrected chi connectivity index (χ1v) is 6.99. The molecule has 0 aromatic carbocycles. The Labute approximate surface area is 105 Å². The number of ether oxygens (including phenoxy) is 1. The van der Waals surface area contributed by atoms with E-state index in [9.17, 15) is 4.79 Å². The van der Waals surface area contributed by atoms with Crippen LogP contribution in [0.3, 0.4) is 0 Å². The maximum absolute atomic E-state index is 11.2. The lowest BCUT2D eigenvalue weighted by atomic mass is 10.2. The van der Waals surface area contributed by atoms with E-state index in [4.69, 9.17) is 4.74 Å². The number of thiazole rings is 1. The zero-order valence-corrected chi connectivity index (χ0v) is 10.9. The lowest BCUT2D eigenvalue weighted by Crippen LogP contribution is -2.06. The lowest BCUT2D eigenvalue weighted by Gasteiger charge is -2.00. The Balaban J connectivity index is 1.71. The van der Waals surface area contributed by atoms with Crippen molar-refractivity contribution in [1.82, 2.24) is 4.98 Å². The van der Waals surface area contributed by atoms with Crippen molar-refractivity contribution in [3.63, 3.8) is 0 Å². The predicted molar refractivity (Wildman–Crippen MR) is 68.3 cm³/mol. The first kappa shape index (κ1) is 12.4. The number of rotatable bonds is 7. The van der Waals surface area contributed by atoms with Crippen LogP contribution in [0, 0.1) is 5.92 Å². The molecule has 0 spiro atoms. The SMILES string of the molecule is CCOC(=O)CCc1csc(NCC2CC2)n1. The largest absolute Gasteiger partial charge is 0.466 e. The Bertz CT molecular complexity index is 374. The van der Waals surface area contributed by atoms with Crippen molar-refractivity contribution in [2.75, 3.05) is 18.5 Å². The minimum Gasteiger partial charge on any atom is -0.466 e. The number of hydrogen-bond donors (Lipinski definition) is 1. The summed E-state index contributed by atoms with van der Waals surface area (Å²) in [6.07, 6.45) is 3.77. The molecular formula is C12H18N2O2S. The molecule has 5 heteroatoms. The summed E-state index contributed by atoms with van der Waals surface area (Å²) < 4.78 is 4.88. The van der Waals surface area contributed by atoms with E-state index in [1.165, 1.54) is 12.8 Å². The number of carbonyl (C=O) groups excluding carboxylic acids is 1. The Morgan fingerprint density at radius 2 is 2.47 bits per heavy atom. The fourth-order valence-corrected chi connectivity index (χ4v) is 2.27. The third-order valence-electron chi connectivity index (χ3n) is 2.68. The molecule has 2 rings (SSSR count). The molecule has 1 aliphatic carbocycles. The number of hydrogen-bond acceptors (Lipinski definition) is 5. The van der Waals surface area contributed by atoms with Gasteiger partial charge in [-0.3, -0.25) is 4.79 Å². The highest BCUT2D eigenvalue weighted by Gasteiger charge is 2.20. The first-order chi connectivity index (χ1) is 8.28. The van der Waals surface area contributed by atoms with Crippen LogP contribution in [-0.4, -0.2) is 24.1 Å². The van der Waals surface area contributed by atoms with Crippen molar-refractivity contribution >= 4 is 22.4 Å². The average molecular weight is 254 g/mol. The van der Waals surface area contributed by atoms with Gasteiger partial charge < -0.3 is 10.1 Å². The molecular weight excluding hydrogens is 236 g/mol. The predicted octanol–water partition coefficient (Wildman–Crippen LogP) is 2.46. The first-order valence-electron chi connectivity index (χ1n) is 6.12. The Hall–Kier alpha value is -1.10. The third kappa shape index (κ3) is 4.34. The number of nitrogens with zero attached hydrogens (tertiary/aromatic N) is 1. The summed E-state index contributed by atoms with van der Waals surface area (Å²) in [5, 5.41) is 6.31. The molecule has 0 amide bonds. The van der Waals surface area contributed by atoms with Gasteiger partial charge in [-0.25, -0.2) is 4.98 Å². The van der Waals surface area contributed by atoms with E-state index in [-0.39, 0.29) is 5.97 Å². The van der Waals surface area contributed by atoms with E-state index >= 15 is 0 Å². The van der Waals surface area contributed by atoms with Crippen molar-refractivity contribution in [3.05, 3.63) is 11.1 Å². The van der Waals surface area contributed by atoms with E-state index in [2.05, 4.69) is 10.3 Å². The number of esters is 1. The van der Waals surface area contributed by atoms with Crippen LogP contribution in [0.2, 0.25) is 0 Å². The van der Waals surface area contributed by atoms with Crippen LogP contribution >= 0.6 is 11.3 Å². The van der Waals surface area contributed by atoms with Gasteiger partial charge in [-0.05, 0) is 25.7 Å². The number of nitrogens with one attached hydrogen (secondary N) is 1. The van der Waals surface area contributed by atoms with Gasteiger partial charge in [0.1, 0.15) is 0 Å². The molecule has 94 valence electrons. The second-order valence-electron chi connectivity index (χ2n) is 4.27. The van der Waals surface area contributed by atoms with Crippen LogP contribution in [0.25, 0.3) is 0 Å². The standard InChI is InChI=1S/C12H18N2O2S/c1-2-16-11(15)6-5-10-8-17-12(14-10)13-7-9-3-4-9/h8-9H,2-7H2,1H3,(H,13,14). The summed E-state index contributed by atoms with van der Waals surface area (Å²) in [4.78, 5) is 15.6. The molecule has 1 heterocycles. The van der Waals surface area contributed by atoms with Crippen LogP contribution in [0.15, 0.2) is 5.38 Å². The van der Waals surface area contributed by atoms with E-state index in [0.717, 1.165) is 23.3 Å². The summed E-state index contributed by atoms with van der Waals surface area (Å²) in [5.41, 5.74) is 0.973. The normalized spacial score (nSPS) is 14.6. The fourth-order valence-electron chi connectivity index (χ4n) is 1.52. The van der Waals surface area contributed by atoms with Gasteiger partial charge in [0, 0.05) is 18.3 Å². The van der Waals surface area contributed by atoms with Gasteiger partial charge >= 0.3 is 5.97 Å². The van der Waals surface area contributed by atoms with Crippen molar-refractivity contribution in [2.24, 2.45) is 5.92 Å². The summed E-state index contributed by atoms with van der Waals surface area (Å²) in [7, 11) is 0. The van der Waals surface area contributed by atoms with Crippen molar-refractivity contribution < 1.29 is 9.53 Å². The summed E-state index contributed by atoms with van der Waals surface area (Å²) >= 11 is 1.61. The molecule has 17 heavy (non-hydrogen) atoms. The zero-order valence-electron chi connectivity index (χ0n) is 10.1. The number of anilines is 1. The van der Waals surface area contributed by atoms with Gasteiger partial charge in [0.25, 0.3) is 0 Å². The molecule has 1 N–H and O–H groups in total. The van der Waals surface area contributed by atoms with Crippen LogP contribution < -0.4 is 5.32 Å². The second kappa shape index (κ2) is 6.00. The lowest BCUT2D eigenvalue weighted by molar-refractivity contribution is -0.143. The van der Waals surface area contributed by atoms with Crippen LogP contribution in [-0.2, 0) is 16.0 Å². The monoisotopic (exact) mass is 254 g/mol. The molecule has 1 aliphatic rings. The molecule has 0 saturated heterocycles. The van der Waals surface area contributed by atoms with Gasteiger partial charge in [-0.2, -0.15) is 0 Å². The summed E-state index contributed by atoms with van der Waals surface area (Å²) in [5.74, 6) is 0.704. The molecule has 1 fully saturated rings. The van der Waals surface area contributed by atoms with Crippen molar-refractivity contribution in [3.8, 4) is 0 Å². The molecule has 0 unspecified atom stereocenters. The highest BCUT2D eigenvalue weighted by molar-refractivity contribution is 7.13. The molecule has 1 saturated carbocycles. The molecule has 0 radical (unpaired) electrons. The second-order valence-corrected chi connectivity index (χ2v) is 5.13. The summed E-state index contributed by atoms with van der Waals surface area (Å²) in [6.45, 7) is 3.30. The number of carbonyl (C=O) groups is 1. The van der Waals surface area contributed by atoms with Gasteiger partial charge in [0.2, 0.25) is 0 Å². The molecule has 0 aliphatic heterocycles. The average Bonchev–Trinajstić information content (AvgIpc) is 3.03. The fraction of sp³-hybridized carbons (Fsp3) is 0.667. The van der Waals surface area contributed by atoms with Crippen LogP contribution in [0.4, 0.5) is 5.13 Å². The molecule has 1 aromatic heterocycles. The topological polar surface area (TPSA) is 51.2 Å². The highest BCUT2D eigenvalue weighted by Crippen LogP contribution is 2.29. The van der Waals surface area contributed by atoms with Gasteiger partial charge in [-0.1, -0.05) is 0 Å². The minimum atomic E-state index is -0.145. The van der Waals surface area contributed by atoms with Crippen LogP contribution in [0.1, 0.15) is 31.9 Å². The molecule has 0 bridgehead atoms. The van der Waals surface area contributed by atoms with Crippen molar-refractivity contribution in [1.29, 1.82) is 0 Å². The maximum Gasteiger partial charge on any atom is 0.306 e. The van der Waals surface area contributed by atoms with Crippen molar-refractivity contribution in [2.45, 2.75) is 32.6 Å². The maximum atomic E-state index is 11.2. The molecule has 4 nitrogen and oxygen atoms in total. The third-order valence-corrected chi connectivity index (χ3v) is 3.53. The Morgan fingerprint density at radius 1 is 1.65 bits per heavy atom. The van der Waals surface area contributed by atoms with E-state index < -0.39 is 0 Å². The van der Waals surface area contributed by atoms with Gasteiger partial charge in [0.05, 0.1) is 18.7 Å². The van der Waals surface area contributed by atoms with E-state index in [1.807, 2.05) is 12.3 Å². The Morgan fingerprint density at radius 3 is 3.18 bits per heavy atom. The van der Waals surface area contributed by atoms with Gasteiger partial charge in [0.15, 0.2) is 5.13 Å². The number of aromatic nitrogens is 1. The van der Waals surface area contributed by atoms with Crippen LogP contribution in [0.5, 0.6) is 0 Å². The van der Waals surface area contributed by atoms with E-state index in [0.29, 0.717) is 19.4 Å².